The zero-order valence-corrected chi connectivity index (χ0v) is 33.0. The van der Waals surface area contributed by atoms with E-state index in [0.717, 1.165) is 39.5 Å². The van der Waals surface area contributed by atoms with Crippen LogP contribution in [0.1, 0.15) is 0 Å². The summed E-state index contributed by atoms with van der Waals surface area (Å²) >= 11 is 0. The second-order valence-electron chi connectivity index (χ2n) is 15.4. The van der Waals surface area contributed by atoms with Gasteiger partial charge in [-0.2, -0.15) is 0 Å². The Morgan fingerprint density at radius 2 is 0.649 bits per heavy atom. The van der Waals surface area contributed by atoms with Gasteiger partial charge in [0.2, 0.25) is 0 Å². The first-order chi connectivity index (χ1) is 28.0. The predicted octanol–water partition coefficient (Wildman–Crippen LogP) is 12.9. The highest BCUT2D eigenvalue weighted by Gasteiger charge is 2.41. The third kappa shape index (κ3) is 6.42. The number of benzene rings is 8. The Bertz CT molecular complexity index is 2880. The molecule has 1 aliphatic rings. The molecule has 0 amide bonds. The molecule has 0 saturated carbocycles. The molecule has 270 valence electrons. The van der Waals surface area contributed by atoms with E-state index in [-0.39, 0.29) is 0 Å². The molecule has 0 radical (unpaired) electrons. The summed E-state index contributed by atoms with van der Waals surface area (Å²) in [6, 6.07) is 74.1. The molecule has 0 saturated heterocycles. The molecule has 2 nitrogen and oxygen atoms in total. The Kier molecular flexibility index (Phi) is 8.66. The van der Waals surface area contributed by atoms with Crippen LogP contribution >= 0.6 is 0 Å². The molecule has 0 unspecified atom stereocenters. The van der Waals surface area contributed by atoms with E-state index in [2.05, 4.69) is 219 Å². The topological polar surface area (TPSA) is 25.8 Å². The maximum Gasteiger partial charge on any atom is 0.160 e. The second-order valence-corrected chi connectivity index (χ2v) is 19.7. The van der Waals surface area contributed by atoms with Gasteiger partial charge >= 0.3 is 0 Å². The molecular formula is C54H40N2Si. The van der Waals surface area contributed by atoms with Gasteiger partial charge < -0.3 is 0 Å². The summed E-state index contributed by atoms with van der Waals surface area (Å²) in [4.78, 5) is 10.9. The van der Waals surface area contributed by atoms with E-state index in [1.165, 1.54) is 60.4 Å². The van der Waals surface area contributed by atoms with Gasteiger partial charge in [-0.1, -0.05) is 207 Å². The fourth-order valence-electron chi connectivity index (χ4n) is 8.46. The van der Waals surface area contributed by atoms with Gasteiger partial charge in [0, 0.05) is 11.1 Å². The standard InChI is InChI=1S/C54H40N2Si/c1-57(2)50-22-10-9-21-49(50)52-53(57)51(44-33-31-42(32-34-44)41-25-23-39(24-26-41)37-13-5-3-6-14-37)55-54(56-52)48-20-12-19-47(36-48)46-18-11-17-45(35-46)43-29-27-40(28-30-43)38-15-7-4-8-16-38/h3-36H,1-2H3. The summed E-state index contributed by atoms with van der Waals surface area (Å²) in [5.41, 5.74) is 17.4. The molecule has 8 aromatic carbocycles. The van der Waals surface area contributed by atoms with Gasteiger partial charge in [-0.25, -0.2) is 9.97 Å². The van der Waals surface area contributed by atoms with E-state index in [9.17, 15) is 0 Å². The van der Waals surface area contributed by atoms with E-state index in [1.54, 1.807) is 0 Å². The highest BCUT2D eigenvalue weighted by Crippen LogP contribution is 2.36. The molecule has 9 aromatic rings. The first kappa shape index (κ1) is 34.5. The van der Waals surface area contributed by atoms with E-state index < -0.39 is 8.07 Å². The Balaban J connectivity index is 1.02. The van der Waals surface area contributed by atoms with Crippen molar-refractivity contribution in [3.8, 4) is 89.5 Å². The predicted molar refractivity (Wildman–Crippen MR) is 242 cm³/mol. The quantitative estimate of drug-likeness (QED) is 0.152. The normalized spacial score (nSPS) is 12.5. The van der Waals surface area contributed by atoms with Crippen LogP contribution in [-0.2, 0) is 0 Å². The zero-order valence-electron chi connectivity index (χ0n) is 32.0. The van der Waals surface area contributed by atoms with Crippen LogP contribution in [0.25, 0.3) is 89.5 Å². The van der Waals surface area contributed by atoms with Crippen LogP contribution in [0.2, 0.25) is 13.1 Å². The van der Waals surface area contributed by atoms with Crippen molar-refractivity contribution < 1.29 is 0 Å². The van der Waals surface area contributed by atoms with E-state index >= 15 is 0 Å². The summed E-state index contributed by atoms with van der Waals surface area (Å²) in [7, 11) is -2.10. The van der Waals surface area contributed by atoms with Crippen LogP contribution in [0.15, 0.2) is 206 Å². The Labute approximate surface area is 335 Å². The Morgan fingerprint density at radius 3 is 1.18 bits per heavy atom. The first-order valence-electron chi connectivity index (χ1n) is 19.6. The van der Waals surface area contributed by atoms with Crippen molar-refractivity contribution in [2.75, 3.05) is 0 Å². The van der Waals surface area contributed by atoms with Crippen LogP contribution in [0.5, 0.6) is 0 Å². The van der Waals surface area contributed by atoms with Crippen LogP contribution in [0, 0.1) is 0 Å². The number of aromatic nitrogens is 2. The molecule has 0 fully saturated rings. The average molecular weight is 745 g/mol. The lowest BCUT2D eigenvalue weighted by atomic mass is 9.96. The highest BCUT2D eigenvalue weighted by atomic mass is 28.3. The van der Waals surface area contributed by atoms with E-state index in [0.29, 0.717) is 0 Å². The lowest BCUT2D eigenvalue weighted by Gasteiger charge is -2.22. The van der Waals surface area contributed by atoms with Crippen LogP contribution < -0.4 is 10.4 Å². The third-order valence-corrected chi connectivity index (χ3v) is 15.0. The van der Waals surface area contributed by atoms with Gasteiger partial charge in [0.15, 0.2) is 5.82 Å². The summed E-state index contributed by atoms with van der Waals surface area (Å²) < 4.78 is 0. The molecule has 10 rings (SSSR count). The molecule has 3 heteroatoms. The largest absolute Gasteiger partial charge is 0.228 e. The molecule has 0 aliphatic carbocycles. The minimum atomic E-state index is -2.10. The number of rotatable bonds is 7. The van der Waals surface area contributed by atoms with Crippen molar-refractivity contribution in [1.82, 2.24) is 9.97 Å². The molecule has 1 aromatic heterocycles. The SMILES string of the molecule is C[Si]1(C)c2ccccc2-c2nc(-c3cccc(-c4cccc(-c5ccc(-c6ccccc6)cc5)c4)c3)nc(-c3ccc(-c4ccc(-c5ccccc5)cc4)cc3)c21. The van der Waals surface area contributed by atoms with Crippen LogP contribution in [-0.4, -0.2) is 18.0 Å². The first-order valence-corrected chi connectivity index (χ1v) is 22.6. The molecule has 1 aliphatic heterocycles. The van der Waals surface area contributed by atoms with Gasteiger partial charge in [0.05, 0.1) is 11.4 Å². The van der Waals surface area contributed by atoms with Crippen molar-refractivity contribution in [3.63, 3.8) is 0 Å². The van der Waals surface area contributed by atoms with E-state index in [4.69, 9.17) is 9.97 Å². The maximum atomic E-state index is 5.47. The summed E-state index contributed by atoms with van der Waals surface area (Å²) in [5, 5.41) is 2.74. The molecular weight excluding hydrogens is 705 g/mol. The van der Waals surface area contributed by atoms with Gasteiger partial charge in [-0.05, 0) is 83.7 Å². The fourth-order valence-corrected chi connectivity index (χ4v) is 11.7. The van der Waals surface area contributed by atoms with Gasteiger partial charge in [-0.15, -0.1) is 0 Å². The van der Waals surface area contributed by atoms with E-state index in [1.807, 2.05) is 0 Å². The molecule has 57 heavy (non-hydrogen) atoms. The molecule has 2 heterocycles. The summed E-state index contributed by atoms with van der Waals surface area (Å²) in [6.07, 6.45) is 0. The average Bonchev–Trinajstić information content (AvgIpc) is 3.52. The van der Waals surface area contributed by atoms with Crippen molar-refractivity contribution in [2.45, 2.75) is 13.1 Å². The number of hydrogen-bond acceptors (Lipinski definition) is 2. The lowest BCUT2D eigenvalue weighted by Crippen LogP contribution is -2.50. The summed E-state index contributed by atoms with van der Waals surface area (Å²) in [5.74, 6) is 0.750. The molecule has 0 bridgehead atoms. The van der Waals surface area contributed by atoms with Gasteiger partial charge in [0.1, 0.15) is 8.07 Å². The maximum absolute atomic E-state index is 5.47. The molecule has 0 spiro atoms. The second kappa shape index (κ2) is 14.3. The minimum Gasteiger partial charge on any atom is -0.228 e. The van der Waals surface area contributed by atoms with Gasteiger partial charge in [-0.3, -0.25) is 0 Å². The number of nitrogens with zero attached hydrogens (tertiary/aromatic N) is 2. The Morgan fingerprint density at radius 1 is 0.298 bits per heavy atom. The van der Waals surface area contributed by atoms with Crippen molar-refractivity contribution in [1.29, 1.82) is 0 Å². The number of hydrogen-bond donors (Lipinski definition) is 0. The van der Waals surface area contributed by atoms with Crippen molar-refractivity contribution in [3.05, 3.63) is 206 Å². The number of fused-ring (bicyclic) bond motifs is 3. The van der Waals surface area contributed by atoms with Crippen molar-refractivity contribution in [2.24, 2.45) is 0 Å². The summed E-state index contributed by atoms with van der Waals surface area (Å²) in [6.45, 7) is 4.88. The minimum absolute atomic E-state index is 0.750. The highest BCUT2D eigenvalue weighted by molar-refractivity contribution is 7.04. The monoisotopic (exact) mass is 744 g/mol. The van der Waals surface area contributed by atoms with Crippen molar-refractivity contribution >= 4 is 18.4 Å². The fraction of sp³-hybridized carbons (Fsp3) is 0.0370. The smallest absolute Gasteiger partial charge is 0.160 e. The Hall–Kier alpha value is -6.94. The molecule has 0 N–H and O–H groups in total. The van der Waals surface area contributed by atoms with Crippen LogP contribution in [0.3, 0.4) is 0 Å². The van der Waals surface area contributed by atoms with Gasteiger partial charge in [0.25, 0.3) is 0 Å². The van der Waals surface area contributed by atoms with Crippen LogP contribution in [0.4, 0.5) is 0 Å². The lowest BCUT2D eigenvalue weighted by molar-refractivity contribution is 1.20. The molecule has 0 atom stereocenters. The zero-order chi connectivity index (χ0) is 38.3. The third-order valence-electron chi connectivity index (χ3n) is 11.5.